The predicted molar refractivity (Wildman–Crippen MR) is 54.0 cm³/mol. The highest BCUT2D eigenvalue weighted by atomic mass is 15.2. The van der Waals surface area contributed by atoms with Crippen LogP contribution in [0.25, 0.3) is 5.65 Å². The lowest BCUT2D eigenvalue weighted by atomic mass is 10.3. The fraction of sp³-hybridized carbons (Fsp3) is 0.333. The number of hydrogen-bond donors (Lipinski definition) is 2. The standard InChI is InChI=1S/C9H13N5/c1-7-6-14-8(2-4-12-14)13-9(7)11-5-3-10/h2,4,6H,3,5,10H2,1H3,(H,11,13)/p+1. The van der Waals surface area contributed by atoms with Gasteiger partial charge >= 0.3 is 0 Å². The Morgan fingerprint density at radius 1 is 1.57 bits per heavy atom. The van der Waals surface area contributed by atoms with E-state index in [1.807, 2.05) is 19.2 Å². The quantitative estimate of drug-likeness (QED) is 0.701. The van der Waals surface area contributed by atoms with Crippen molar-refractivity contribution in [2.75, 3.05) is 18.4 Å². The molecule has 0 amide bonds. The second-order valence-electron chi connectivity index (χ2n) is 3.19. The van der Waals surface area contributed by atoms with E-state index in [0.717, 1.165) is 30.1 Å². The van der Waals surface area contributed by atoms with Gasteiger partial charge in [0.05, 0.1) is 19.3 Å². The summed E-state index contributed by atoms with van der Waals surface area (Å²) in [7, 11) is 0. The summed E-state index contributed by atoms with van der Waals surface area (Å²) >= 11 is 0. The number of nitrogens with one attached hydrogen (secondary N) is 1. The van der Waals surface area contributed by atoms with Gasteiger partial charge in [0.1, 0.15) is 5.82 Å². The van der Waals surface area contributed by atoms with Crippen molar-refractivity contribution in [1.29, 1.82) is 0 Å². The van der Waals surface area contributed by atoms with Gasteiger partial charge in [0.25, 0.3) is 0 Å². The van der Waals surface area contributed by atoms with Crippen LogP contribution in [-0.4, -0.2) is 27.7 Å². The van der Waals surface area contributed by atoms with Gasteiger partial charge in [-0.1, -0.05) is 0 Å². The van der Waals surface area contributed by atoms with Crippen LogP contribution in [0, 0.1) is 6.92 Å². The van der Waals surface area contributed by atoms with Crippen LogP contribution in [-0.2, 0) is 0 Å². The van der Waals surface area contributed by atoms with Crippen LogP contribution in [0.1, 0.15) is 5.56 Å². The third kappa shape index (κ3) is 1.54. The van der Waals surface area contributed by atoms with Gasteiger partial charge in [-0.2, -0.15) is 5.10 Å². The van der Waals surface area contributed by atoms with Gasteiger partial charge in [-0.25, -0.2) is 9.50 Å². The number of quaternary nitrogens is 1. The van der Waals surface area contributed by atoms with E-state index in [9.17, 15) is 0 Å². The molecule has 0 fully saturated rings. The maximum Gasteiger partial charge on any atom is 0.157 e. The maximum atomic E-state index is 4.43. The Kier molecular flexibility index (Phi) is 2.32. The van der Waals surface area contributed by atoms with Gasteiger partial charge in [-0.05, 0) is 6.92 Å². The second-order valence-corrected chi connectivity index (χ2v) is 3.19. The summed E-state index contributed by atoms with van der Waals surface area (Å²) in [5.74, 6) is 0.918. The van der Waals surface area contributed by atoms with Crippen molar-refractivity contribution in [2.24, 2.45) is 0 Å². The van der Waals surface area contributed by atoms with Gasteiger partial charge in [0.2, 0.25) is 0 Å². The summed E-state index contributed by atoms with van der Waals surface area (Å²) in [6.07, 6.45) is 3.71. The largest absolute Gasteiger partial charge is 0.364 e. The molecule has 2 rings (SSSR count). The number of hydrogen-bond acceptors (Lipinski definition) is 3. The molecule has 0 aliphatic carbocycles. The Hall–Kier alpha value is -1.62. The van der Waals surface area contributed by atoms with Gasteiger partial charge < -0.3 is 11.1 Å². The molecule has 0 radical (unpaired) electrons. The minimum absolute atomic E-state index is 0.845. The number of anilines is 1. The number of aromatic nitrogens is 3. The summed E-state index contributed by atoms with van der Waals surface area (Å²) < 4.78 is 1.77. The summed E-state index contributed by atoms with van der Waals surface area (Å²) in [6.45, 7) is 3.71. The van der Waals surface area contributed by atoms with Gasteiger partial charge in [-0.15, -0.1) is 0 Å². The molecule has 0 aliphatic heterocycles. The first-order valence-electron chi connectivity index (χ1n) is 4.65. The van der Waals surface area contributed by atoms with E-state index < -0.39 is 0 Å². The van der Waals surface area contributed by atoms with E-state index in [2.05, 4.69) is 21.1 Å². The second kappa shape index (κ2) is 3.63. The number of fused-ring (bicyclic) bond motifs is 1. The first kappa shape index (κ1) is 8.96. The molecule has 14 heavy (non-hydrogen) atoms. The molecule has 2 aromatic rings. The molecule has 4 N–H and O–H groups in total. The number of rotatable bonds is 3. The summed E-state index contributed by atoms with van der Waals surface area (Å²) in [6, 6.07) is 1.88. The van der Waals surface area contributed by atoms with Crippen molar-refractivity contribution in [1.82, 2.24) is 14.6 Å². The smallest absolute Gasteiger partial charge is 0.157 e. The van der Waals surface area contributed by atoms with Crippen LogP contribution in [0.15, 0.2) is 18.5 Å². The lowest BCUT2D eigenvalue weighted by molar-refractivity contribution is -0.362. The van der Waals surface area contributed by atoms with Crippen molar-refractivity contribution < 1.29 is 5.73 Å². The first-order chi connectivity index (χ1) is 6.81. The molecule has 0 saturated carbocycles. The minimum Gasteiger partial charge on any atom is -0.364 e. The summed E-state index contributed by atoms with van der Waals surface area (Å²) in [4.78, 5) is 4.43. The molecule has 2 aromatic heterocycles. The normalized spacial score (nSPS) is 10.7. The Bertz CT molecular complexity index is 434. The molecule has 0 saturated heterocycles. The third-order valence-corrected chi connectivity index (χ3v) is 2.03. The fourth-order valence-corrected chi connectivity index (χ4v) is 1.33. The van der Waals surface area contributed by atoms with Crippen LogP contribution < -0.4 is 11.1 Å². The van der Waals surface area contributed by atoms with E-state index >= 15 is 0 Å². The van der Waals surface area contributed by atoms with Gasteiger partial charge in [0.15, 0.2) is 5.65 Å². The Morgan fingerprint density at radius 2 is 2.43 bits per heavy atom. The molecule has 0 bridgehead atoms. The highest BCUT2D eigenvalue weighted by Gasteiger charge is 2.02. The zero-order chi connectivity index (χ0) is 9.97. The Morgan fingerprint density at radius 3 is 3.21 bits per heavy atom. The van der Waals surface area contributed by atoms with Crippen LogP contribution >= 0.6 is 0 Å². The molecule has 74 valence electrons. The van der Waals surface area contributed by atoms with E-state index in [-0.39, 0.29) is 0 Å². The Balaban J connectivity index is 2.38. The number of aryl methyl sites for hydroxylation is 1. The molecule has 5 nitrogen and oxygen atoms in total. The molecule has 0 aromatic carbocycles. The molecule has 5 heteroatoms. The average molecular weight is 192 g/mol. The van der Waals surface area contributed by atoms with Crippen molar-refractivity contribution in [3.63, 3.8) is 0 Å². The van der Waals surface area contributed by atoms with E-state index in [0.29, 0.717) is 0 Å². The molecular formula is C9H14N5+. The molecule has 0 atom stereocenters. The van der Waals surface area contributed by atoms with E-state index in [4.69, 9.17) is 0 Å². The predicted octanol–water partition coefficient (Wildman–Crippen LogP) is -0.308. The van der Waals surface area contributed by atoms with Crippen molar-refractivity contribution in [3.05, 3.63) is 24.0 Å². The van der Waals surface area contributed by atoms with Crippen LogP contribution in [0.4, 0.5) is 5.82 Å². The molecule has 0 unspecified atom stereocenters. The van der Waals surface area contributed by atoms with Crippen molar-refractivity contribution in [2.45, 2.75) is 6.92 Å². The highest BCUT2D eigenvalue weighted by molar-refractivity contribution is 5.50. The SMILES string of the molecule is Cc1cn2nccc2nc1NCC[NH3+]. The van der Waals surface area contributed by atoms with Gasteiger partial charge in [-0.3, -0.25) is 0 Å². The van der Waals surface area contributed by atoms with Crippen molar-refractivity contribution >= 4 is 11.5 Å². The summed E-state index contributed by atoms with van der Waals surface area (Å²) in [5.41, 5.74) is 5.73. The zero-order valence-electron chi connectivity index (χ0n) is 8.20. The highest BCUT2D eigenvalue weighted by Crippen LogP contribution is 2.11. The van der Waals surface area contributed by atoms with Crippen molar-refractivity contribution in [3.8, 4) is 0 Å². The molecule has 2 heterocycles. The monoisotopic (exact) mass is 192 g/mol. The van der Waals surface area contributed by atoms with E-state index in [1.54, 1.807) is 10.7 Å². The average Bonchev–Trinajstić information content (AvgIpc) is 2.61. The lowest BCUT2D eigenvalue weighted by Crippen LogP contribution is -2.53. The fourth-order valence-electron chi connectivity index (χ4n) is 1.33. The van der Waals surface area contributed by atoms with E-state index in [1.165, 1.54) is 0 Å². The lowest BCUT2D eigenvalue weighted by Gasteiger charge is -2.06. The zero-order valence-corrected chi connectivity index (χ0v) is 8.20. The van der Waals surface area contributed by atoms with Crippen LogP contribution in [0.3, 0.4) is 0 Å². The maximum absolute atomic E-state index is 4.43. The van der Waals surface area contributed by atoms with Crippen LogP contribution in [0.5, 0.6) is 0 Å². The molecular weight excluding hydrogens is 178 g/mol. The third-order valence-electron chi connectivity index (χ3n) is 2.03. The number of nitrogens with zero attached hydrogens (tertiary/aromatic N) is 3. The van der Waals surface area contributed by atoms with Gasteiger partial charge in [0, 0.05) is 17.8 Å². The summed E-state index contributed by atoms with van der Waals surface area (Å²) in [5, 5.41) is 7.34. The Labute approximate surface area is 81.9 Å². The topological polar surface area (TPSA) is 69.9 Å². The minimum atomic E-state index is 0.845. The molecule has 0 aliphatic rings. The molecule has 0 spiro atoms. The first-order valence-corrected chi connectivity index (χ1v) is 4.65. The van der Waals surface area contributed by atoms with Crippen LogP contribution in [0.2, 0.25) is 0 Å².